The molecule has 0 spiro atoms. The van der Waals surface area contributed by atoms with Gasteiger partial charge in [0.25, 0.3) is 0 Å². The SMILES string of the molecule is COc1ccc2c(c1O)OCC1c3ccc(O)cc3OC21. The second kappa shape index (κ2) is 4.22. The number of phenolic OH excluding ortho intramolecular Hbond substituents is 2. The molecule has 2 heterocycles. The first-order valence-corrected chi connectivity index (χ1v) is 6.71. The molecule has 0 radical (unpaired) electrons. The van der Waals surface area contributed by atoms with Gasteiger partial charge < -0.3 is 24.4 Å². The predicted octanol–water partition coefficient (Wildman–Crippen LogP) is 2.72. The quantitative estimate of drug-likeness (QED) is 0.843. The van der Waals surface area contributed by atoms with E-state index in [0.717, 1.165) is 11.1 Å². The maximum atomic E-state index is 10.2. The van der Waals surface area contributed by atoms with Crippen molar-refractivity contribution in [1.29, 1.82) is 0 Å². The molecule has 2 aromatic rings. The van der Waals surface area contributed by atoms with E-state index >= 15 is 0 Å². The molecule has 5 heteroatoms. The summed E-state index contributed by atoms with van der Waals surface area (Å²) in [6.07, 6.45) is -0.220. The zero-order chi connectivity index (χ0) is 14.6. The largest absolute Gasteiger partial charge is 0.508 e. The number of fused-ring (bicyclic) bond motifs is 5. The third-order valence-electron chi connectivity index (χ3n) is 4.07. The molecule has 2 aliphatic rings. The fraction of sp³-hybridized carbons (Fsp3) is 0.250. The van der Waals surface area contributed by atoms with Crippen LogP contribution in [0.25, 0.3) is 0 Å². The molecule has 2 aromatic carbocycles. The lowest BCUT2D eigenvalue weighted by Crippen LogP contribution is -2.23. The molecule has 2 aliphatic heterocycles. The second-order valence-electron chi connectivity index (χ2n) is 5.21. The summed E-state index contributed by atoms with van der Waals surface area (Å²) >= 11 is 0. The molecule has 2 N–H and O–H groups in total. The van der Waals surface area contributed by atoms with E-state index in [4.69, 9.17) is 14.2 Å². The molecular weight excluding hydrogens is 272 g/mol. The molecule has 0 aliphatic carbocycles. The molecule has 0 saturated carbocycles. The summed E-state index contributed by atoms with van der Waals surface area (Å²) in [7, 11) is 1.50. The van der Waals surface area contributed by atoms with Crippen molar-refractivity contribution in [2.45, 2.75) is 12.0 Å². The van der Waals surface area contributed by atoms with Gasteiger partial charge in [0.15, 0.2) is 11.5 Å². The van der Waals surface area contributed by atoms with Gasteiger partial charge in [0.2, 0.25) is 5.75 Å². The standard InChI is InChI=1S/C16H14O5/c1-19-12-5-4-10-15-11(7-20-16(10)14(12)18)9-3-2-8(17)6-13(9)21-15/h2-6,11,15,17-18H,7H2,1H3. The Labute approximate surface area is 121 Å². The molecule has 0 fully saturated rings. The Hall–Kier alpha value is -2.56. The lowest BCUT2D eigenvalue weighted by molar-refractivity contribution is 0.135. The number of methoxy groups -OCH3 is 1. The van der Waals surface area contributed by atoms with Crippen LogP contribution in [-0.4, -0.2) is 23.9 Å². The zero-order valence-corrected chi connectivity index (χ0v) is 11.4. The first-order valence-electron chi connectivity index (χ1n) is 6.71. The third-order valence-corrected chi connectivity index (χ3v) is 4.07. The Morgan fingerprint density at radius 2 is 1.95 bits per heavy atom. The summed E-state index contributed by atoms with van der Waals surface area (Å²) in [5.41, 5.74) is 1.80. The van der Waals surface area contributed by atoms with Gasteiger partial charge in [-0.1, -0.05) is 6.07 Å². The van der Waals surface area contributed by atoms with Gasteiger partial charge in [0, 0.05) is 17.2 Å². The number of hydrogen-bond donors (Lipinski definition) is 2. The highest BCUT2D eigenvalue weighted by molar-refractivity contribution is 5.59. The normalized spacial score (nSPS) is 21.6. The molecule has 4 rings (SSSR count). The van der Waals surface area contributed by atoms with Crippen molar-refractivity contribution in [1.82, 2.24) is 0 Å². The molecule has 0 saturated heterocycles. The van der Waals surface area contributed by atoms with Gasteiger partial charge in [-0.05, 0) is 18.2 Å². The van der Waals surface area contributed by atoms with Crippen molar-refractivity contribution < 1.29 is 24.4 Å². The first kappa shape index (κ1) is 12.2. The van der Waals surface area contributed by atoms with Crippen molar-refractivity contribution in [3.63, 3.8) is 0 Å². The van der Waals surface area contributed by atoms with Crippen LogP contribution in [-0.2, 0) is 0 Å². The van der Waals surface area contributed by atoms with E-state index in [1.165, 1.54) is 7.11 Å². The number of aromatic hydroxyl groups is 2. The van der Waals surface area contributed by atoms with E-state index in [1.807, 2.05) is 12.1 Å². The maximum absolute atomic E-state index is 10.2. The van der Waals surface area contributed by atoms with Gasteiger partial charge in [0.1, 0.15) is 17.6 Å². The third kappa shape index (κ3) is 1.63. The number of phenols is 2. The van der Waals surface area contributed by atoms with E-state index in [1.54, 1.807) is 18.2 Å². The van der Waals surface area contributed by atoms with Gasteiger partial charge in [0.05, 0.1) is 19.6 Å². The van der Waals surface area contributed by atoms with Crippen molar-refractivity contribution in [2.75, 3.05) is 13.7 Å². The minimum absolute atomic E-state index is 0.00384. The highest BCUT2D eigenvalue weighted by Gasteiger charge is 2.42. The van der Waals surface area contributed by atoms with Gasteiger partial charge in [-0.3, -0.25) is 0 Å². The fourth-order valence-corrected chi connectivity index (χ4v) is 3.05. The summed E-state index contributed by atoms with van der Waals surface area (Å²) in [5.74, 6) is 1.67. The minimum Gasteiger partial charge on any atom is -0.508 e. The highest BCUT2D eigenvalue weighted by Crippen LogP contribution is 2.54. The summed E-state index contributed by atoms with van der Waals surface area (Å²) in [4.78, 5) is 0. The van der Waals surface area contributed by atoms with E-state index in [2.05, 4.69) is 0 Å². The smallest absolute Gasteiger partial charge is 0.201 e. The lowest BCUT2D eigenvalue weighted by Gasteiger charge is -2.28. The molecule has 5 nitrogen and oxygen atoms in total. The van der Waals surface area contributed by atoms with Crippen molar-refractivity contribution in [3.8, 4) is 28.7 Å². The lowest BCUT2D eigenvalue weighted by atomic mass is 9.89. The van der Waals surface area contributed by atoms with E-state index in [-0.39, 0.29) is 23.5 Å². The molecular formula is C16H14O5. The fourth-order valence-electron chi connectivity index (χ4n) is 3.05. The number of rotatable bonds is 1. The first-order chi connectivity index (χ1) is 10.2. The van der Waals surface area contributed by atoms with Crippen LogP contribution < -0.4 is 14.2 Å². The topological polar surface area (TPSA) is 68.2 Å². The average Bonchev–Trinajstić information content (AvgIpc) is 2.85. The van der Waals surface area contributed by atoms with Crippen LogP contribution in [0, 0.1) is 0 Å². The second-order valence-corrected chi connectivity index (χ2v) is 5.21. The van der Waals surface area contributed by atoms with E-state index in [9.17, 15) is 10.2 Å². The Kier molecular flexibility index (Phi) is 2.45. The van der Waals surface area contributed by atoms with Crippen molar-refractivity contribution in [3.05, 3.63) is 41.5 Å². The van der Waals surface area contributed by atoms with Crippen LogP contribution in [0.5, 0.6) is 28.7 Å². The number of ether oxygens (including phenoxy) is 3. The Balaban J connectivity index is 1.81. The summed E-state index contributed by atoms with van der Waals surface area (Å²) < 4.78 is 16.8. The molecule has 21 heavy (non-hydrogen) atoms. The van der Waals surface area contributed by atoms with E-state index < -0.39 is 0 Å². The Morgan fingerprint density at radius 3 is 2.76 bits per heavy atom. The molecule has 0 amide bonds. The van der Waals surface area contributed by atoms with Crippen molar-refractivity contribution >= 4 is 0 Å². The maximum Gasteiger partial charge on any atom is 0.201 e. The van der Waals surface area contributed by atoms with Crippen molar-refractivity contribution in [2.24, 2.45) is 0 Å². The van der Waals surface area contributed by atoms with Crippen LogP contribution in [0.3, 0.4) is 0 Å². The van der Waals surface area contributed by atoms with Gasteiger partial charge in [-0.25, -0.2) is 0 Å². The molecule has 0 bridgehead atoms. The zero-order valence-electron chi connectivity index (χ0n) is 11.4. The molecule has 2 unspecified atom stereocenters. The van der Waals surface area contributed by atoms with Crippen LogP contribution in [0.4, 0.5) is 0 Å². The van der Waals surface area contributed by atoms with Gasteiger partial charge in [-0.2, -0.15) is 0 Å². The molecule has 108 valence electrons. The van der Waals surface area contributed by atoms with Gasteiger partial charge >= 0.3 is 0 Å². The Morgan fingerprint density at radius 1 is 1.14 bits per heavy atom. The molecule has 0 aromatic heterocycles. The summed E-state index contributed by atoms with van der Waals surface area (Å²) in [6.45, 7) is 0.413. The highest BCUT2D eigenvalue weighted by atomic mass is 16.5. The summed E-state index contributed by atoms with van der Waals surface area (Å²) in [6, 6.07) is 8.65. The van der Waals surface area contributed by atoms with Crippen LogP contribution in [0.15, 0.2) is 30.3 Å². The summed E-state index contributed by atoms with van der Waals surface area (Å²) in [5, 5.41) is 19.7. The average molecular weight is 286 g/mol. The predicted molar refractivity (Wildman–Crippen MR) is 74.4 cm³/mol. The molecule has 2 atom stereocenters. The van der Waals surface area contributed by atoms with Crippen LogP contribution in [0.1, 0.15) is 23.1 Å². The monoisotopic (exact) mass is 286 g/mol. The van der Waals surface area contributed by atoms with Crippen LogP contribution in [0.2, 0.25) is 0 Å². The minimum atomic E-state index is -0.220. The Bertz CT molecular complexity index is 725. The number of hydrogen-bond acceptors (Lipinski definition) is 5. The van der Waals surface area contributed by atoms with Gasteiger partial charge in [-0.15, -0.1) is 0 Å². The number of benzene rings is 2. The van der Waals surface area contributed by atoms with E-state index in [0.29, 0.717) is 23.9 Å². The van der Waals surface area contributed by atoms with Crippen LogP contribution >= 0.6 is 0 Å².